The quantitative estimate of drug-likeness (QED) is 0.623. The van der Waals surface area contributed by atoms with Crippen LogP contribution in [0.3, 0.4) is 0 Å². The van der Waals surface area contributed by atoms with Crippen molar-refractivity contribution in [1.82, 2.24) is 0 Å². The minimum atomic E-state index is -0.369. The van der Waals surface area contributed by atoms with Crippen LogP contribution < -0.4 is 0 Å². The summed E-state index contributed by atoms with van der Waals surface area (Å²) in [5, 5.41) is 1.87. The van der Waals surface area contributed by atoms with Gasteiger partial charge in [0, 0.05) is 5.56 Å². The molecule has 1 heterocycles. The minimum absolute atomic E-state index is 0.0158. The molecule has 104 valence electrons. The van der Waals surface area contributed by atoms with Gasteiger partial charge in [0.05, 0.1) is 17.4 Å². The molecule has 0 saturated heterocycles. The number of ketones is 1. The van der Waals surface area contributed by atoms with Gasteiger partial charge in [-0.1, -0.05) is 24.3 Å². The number of hydrogen-bond acceptors (Lipinski definition) is 4. The number of benzene rings is 1. The van der Waals surface area contributed by atoms with Crippen molar-refractivity contribution in [2.24, 2.45) is 0 Å². The Morgan fingerprint density at radius 2 is 2.05 bits per heavy atom. The van der Waals surface area contributed by atoms with E-state index in [0.717, 1.165) is 5.56 Å². The molecule has 2 rings (SSSR count). The molecule has 1 aromatic heterocycles. The Morgan fingerprint density at radius 1 is 1.25 bits per heavy atom. The summed E-state index contributed by atoms with van der Waals surface area (Å²) in [7, 11) is 0. The van der Waals surface area contributed by atoms with Gasteiger partial charge in [-0.2, -0.15) is 0 Å². The maximum atomic E-state index is 12.3. The van der Waals surface area contributed by atoms with Crippen LogP contribution in [0.5, 0.6) is 0 Å². The lowest BCUT2D eigenvalue weighted by Gasteiger charge is -2.11. The zero-order chi connectivity index (χ0) is 14.5. The topological polar surface area (TPSA) is 43.4 Å². The van der Waals surface area contributed by atoms with E-state index in [1.165, 1.54) is 11.3 Å². The molecule has 0 fully saturated rings. The summed E-state index contributed by atoms with van der Waals surface area (Å²) in [4.78, 5) is 24.7. The second-order valence-corrected chi connectivity index (χ2v) is 5.35. The van der Waals surface area contributed by atoms with Crippen LogP contribution in [0.15, 0.2) is 41.8 Å². The van der Waals surface area contributed by atoms with E-state index < -0.39 is 0 Å². The molecule has 0 spiro atoms. The first kappa shape index (κ1) is 14.5. The smallest absolute Gasteiger partial charge is 0.313 e. The average Bonchev–Trinajstić information content (AvgIpc) is 3.00. The van der Waals surface area contributed by atoms with Crippen molar-refractivity contribution in [3.63, 3.8) is 0 Å². The van der Waals surface area contributed by atoms with Crippen molar-refractivity contribution in [2.45, 2.75) is 19.8 Å². The van der Waals surface area contributed by atoms with E-state index in [-0.39, 0.29) is 17.7 Å². The van der Waals surface area contributed by atoms with Gasteiger partial charge < -0.3 is 4.74 Å². The number of carbonyl (C=O) groups excluding carboxylic acids is 2. The first-order chi connectivity index (χ1) is 9.63. The molecular formula is C16H16O3S. The van der Waals surface area contributed by atoms with E-state index in [9.17, 15) is 9.59 Å². The van der Waals surface area contributed by atoms with Crippen molar-refractivity contribution >= 4 is 23.1 Å². The van der Waals surface area contributed by atoms with Gasteiger partial charge in [0.1, 0.15) is 0 Å². The highest BCUT2D eigenvalue weighted by molar-refractivity contribution is 7.12. The van der Waals surface area contributed by atoms with Gasteiger partial charge >= 0.3 is 5.97 Å². The molecule has 0 bridgehead atoms. The van der Waals surface area contributed by atoms with Gasteiger partial charge in [-0.15, -0.1) is 11.3 Å². The van der Waals surface area contributed by atoms with Crippen molar-refractivity contribution in [1.29, 1.82) is 0 Å². The lowest BCUT2D eigenvalue weighted by atomic mass is 9.97. The van der Waals surface area contributed by atoms with E-state index in [2.05, 4.69) is 0 Å². The third-order valence-corrected chi connectivity index (χ3v) is 3.90. The van der Waals surface area contributed by atoms with Crippen LogP contribution >= 0.6 is 11.3 Å². The molecule has 0 aliphatic heterocycles. The van der Waals surface area contributed by atoms with E-state index in [4.69, 9.17) is 4.74 Å². The second-order valence-electron chi connectivity index (χ2n) is 4.41. The van der Waals surface area contributed by atoms with Gasteiger partial charge in [0.25, 0.3) is 0 Å². The molecule has 2 aromatic rings. The van der Waals surface area contributed by atoms with E-state index >= 15 is 0 Å². The maximum Gasteiger partial charge on any atom is 0.313 e. The molecule has 0 radical (unpaired) electrons. The third kappa shape index (κ3) is 3.14. The number of ether oxygens (including phenoxy) is 1. The average molecular weight is 288 g/mol. The van der Waals surface area contributed by atoms with E-state index in [0.29, 0.717) is 17.0 Å². The predicted octanol–water partition coefficient (Wildman–Crippen LogP) is 3.65. The van der Waals surface area contributed by atoms with Gasteiger partial charge in [-0.05, 0) is 36.9 Å². The normalized spacial score (nSPS) is 11.9. The van der Waals surface area contributed by atoms with Gasteiger partial charge in [0.15, 0.2) is 0 Å². The lowest BCUT2D eigenvalue weighted by molar-refractivity contribution is -0.144. The molecule has 4 heteroatoms. The highest BCUT2D eigenvalue weighted by atomic mass is 32.1. The Bertz CT molecular complexity index is 602. The highest BCUT2D eigenvalue weighted by Crippen LogP contribution is 2.21. The van der Waals surface area contributed by atoms with Crippen LogP contribution in [0.25, 0.3) is 0 Å². The highest BCUT2D eigenvalue weighted by Gasteiger charge is 2.18. The monoisotopic (exact) mass is 288 g/mol. The Morgan fingerprint density at radius 3 is 2.70 bits per heavy atom. The zero-order valence-electron chi connectivity index (χ0n) is 11.5. The van der Waals surface area contributed by atoms with Gasteiger partial charge in [0.2, 0.25) is 5.78 Å². The predicted molar refractivity (Wildman–Crippen MR) is 79.2 cm³/mol. The second kappa shape index (κ2) is 6.48. The van der Waals surface area contributed by atoms with E-state index in [1.54, 1.807) is 38.1 Å². The molecule has 20 heavy (non-hydrogen) atoms. The standard InChI is InChI=1S/C16H16O3S/c1-3-19-16(18)11(2)12-6-4-7-13(10-12)15(17)14-8-5-9-20-14/h4-11H,3H2,1-2H3. The minimum Gasteiger partial charge on any atom is -0.466 e. The molecule has 1 aromatic carbocycles. The van der Waals surface area contributed by atoms with Crippen LogP contribution in [-0.4, -0.2) is 18.4 Å². The Labute approximate surface area is 122 Å². The fourth-order valence-electron chi connectivity index (χ4n) is 1.90. The summed E-state index contributed by atoms with van der Waals surface area (Å²) < 4.78 is 5.01. The molecule has 1 atom stereocenters. The Kier molecular flexibility index (Phi) is 4.69. The maximum absolute atomic E-state index is 12.3. The number of esters is 1. The van der Waals surface area contributed by atoms with Crippen LogP contribution in [0.4, 0.5) is 0 Å². The van der Waals surface area contributed by atoms with Gasteiger partial charge in [-0.25, -0.2) is 0 Å². The van der Waals surface area contributed by atoms with Crippen LogP contribution in [0, 0.1) is 0 Å². The summed E-state index contributed by atoms with van der Waals surface area (Å²) in [6.07, 6.45) is 0. The van der Waals surface area contributed by atoms with Crippen LogP contribution in [0.1, 0.15) is 40.6 Å². The molecule has 3 nitrogen and oxygen atoms in total. The number of thiophene rings is 1. The number of hydrogen-bond donors (Lipinski definition) is 0. The lowest BCUT2D eigenvalue weighted by Crippen LogP contribution is -2.13. The van der Waals surface area contributed by atoms with Crippen LogP contribution in [0.2, 0.25) is 0 Å². The summed E-state index contributed by atoms with van der Waals surface area (Å²) in [5.74, 6) is -0.655. The molecule has 0 saturated carbocycles. The summed E-state index contributed by atoms with van der Waals surface area (Å²) in [6, 6.07) is 10.8. The Balaban J connectivity index is 2.24. The zero-order valence-corrected chi connectivity index (χ0v) is 12.3. The van der Waals surface area contributed by atoms with Crippen molar-refractivity contribution < 1.29 is 14.3 Å². The first-order valence-electron chi connectivity index (χ1n) is 6.48. The van der Waals surface area contributed by atoms with Crippen molar-refractivity contribution in [3.8, 4) is 0 Å². The first-order valence-corrected chi connectivity index (χ1v) is 7.36. The molecule has 0 aliphatic rings. The van der Waals surface area contributed by atoms with E-state index in [1.807, 2.05) is 17.5 Å². The van der Waals surface area contributed by atoms with Crippen molar-refractivity contribution in [3.05, 3.63) is 57.8 Å². The fourth-order valence-corrected chi connectivity index (χ4v) is 2.59. The summed E-state index contributed by atoms with van der Waals surface area (Å²) in [6.45, 7) is 3.92. The largest absolute Gasteiger partial charge is 0.466 e. The summed E-state index contributed by atoms with van der Waals surface area (Å²) in [5.41, 5.74) is 1.40. The molecule has 0 aliphatic carbocycles. The SMILES string of the molecule is CCOC(=O)C(C)c1cccc(C(=O)c2cccs2)c1. The number of rotatable bonds is 5. The molecule has 0 amide bonds. The fraction of sp³-hybridized carbons (Fsp3) is 0.250. The molecule has 0 N–H and O–H groups in total. The summed E-state index contributed by atoms with van der Waals surface area (Å²) >= 11 is 1.41. The molecule has 1 unspecified atom stereocenters. The molecular weight excluding hydrogens is 272 g/mol. The number of carbonyl (C=O) groups is 2. The van der Waals surface area contributed by atoms with Crippen LogP contribution in [-0.2, 0) is 9.53 Å². The van der Waals surface area contributed by atoms with Gasteiger partial charge in [-0.3, -0.25) is 9.59 Å². The van der Waals surface area contributed by atoms with Crippen molar-refractivity contribution in [2.75, 3.05) is 6.61 Å². The Hall–Kier alpha value is -1.94. The third-order valence-electron chi connectivity index (χ3n) is 3.03.